The number of carbonyl (C=O) groups excluding carboxylic acids is 2. The molecule has 0 aromatic carbocycles. The fourth-order valence-electron chi connectivity index (χ4n) is 1.07. The van der Waals surface area contributed by atoms with E-state index in [1.807, 2.05) is 0 Å². The van der Waals surface area contributed by atoms with Crippen LogP contribution in [0.25, 0.3) is 0 Å². The molecule has 0 aliphatic heterocycles. The lowest BCUT2D eigenvalue weighted by Crippen LogP contribution is -2.44. The summed E-state index contributed by atoms with van der Waals surface area (Å²) in [6.07, 6.45) is 1.97. The van der Waals surface area contributed by atoms with Crippen LogP contribution in [0.3, 0.4) is 0 Å². The number of amides is 2. The van der Waals surface area contributed by atoms with Gasteiger partial charge >= 0.3 is 0 Å². The van der Waals surface area contributed by atoms with E-state index in [0.717, 1.165) is 12.2 Å². The number of nitrogens with two attached hydrogens (primary N) is 1. The normalized spacial score (nSPS) is 13.6. The average molecular weight is 276 g/mol. The van der Waals surface area contributed by atoms with Crippen molar-refractivity contribution in [1.82, 2.24) is 5.32 Å². The van der Waals surface area contributed by atoms with E-state index >= 15 is 0 Å². The second kappa shape index (κ2) is 6.31. The molecular weight excluding hydrogens is 260 g/mol. The van der Waals surface area contributed by atoms with Gasteiger partial charge in [0.1, 0.15) is 0 Å². The Balaban J connectivity index is 4.83. The number of hydrogen-bond donors (Lipinski definition) is 3. The minimum Gasteiger partial charge on any atom is -0.366 e. The number of carbonyl (C=O) groups is 2. The van der Waals surface area contributed by atoms with Gasteiger partial charge in [0.25, 0.3) is 16.0 Å². The summed E-state index contributed by atoms with van der Waals surface area (Å²) < 4.78 is 31.0. The summed E-state index contributed by atoms with van der Waals surface area (Å²) in [7, 11) is -4.41. The zero-order valence-corrected chi connectivity index (χ0v) is 10.9. The van der Waals surface area contributed by atoms with Crippen LogP contribution in [-0.2, 0) is 19.7 Å². The SMILES string of the molecule is C=C(C=CC(N)=O)C(=O)NC(C(C)C)S(=O)(=O)O. The van der Waals surface area contributed by atoms with E-state index in [1.165, 1.54) is 13.8 Å². The van der Waals surface area contributed by atoms with Gasteiger partial charge in [0.2, 0.25) is 5.91 Å². The third-order valence-corrected chi connectivity index (χ3v) is 3.24. The topological polar surface area (TPSA) is 127 Å². The summed E-state index contributed by atoms with van der Waals surface area (Å²) >= 11 is 0. The lowest BCUT2D eigenvalue weighted by Gasteiger charge is -2.19. The van der Waals surface area contributed by atoms with Gasteiger partial charge in [-0.1, -0.05) is 20.4 Å². The molecule has 18 heavy (non-hydrogen) atoms. The first-order chi connectivity index (χ1) is 8.05. The molecule has 0 fully saturated rings. The summed E-state index contributed by atoms with van der Waals surface area (Å²) in [6, 6.07) is 0. The Kier molecular flexibility index (Phi) is 5.73. The van der Waals surface area contributed by atoms with Gasteiger partial charge in [0.15, 0.2) is 5.37 Å². The Morgan fingerprint density at radius 3 is 2.17 bits per heavy atom. The third-order valence-electron chi connectivity index (χ3n) is 1.94. The van der Waals surface area contributed by atoms with E-state index in [4.69, 9.17) is 10.3 Å². The molecule has 0 radical (unpaired) electrons. The largest absolute Gasteiger partial charge is 0.366 e. The predicted molar refractivity (Wildman–Crippen MR) is 65.8 cm³/mol. The van der Waals surface area contributed by atoms with E-state index < -0.39 is 33.2 Å². The molecule has 0 bridgehead atoms. The van der Waals surface area contributed by atoms with Crippen LogP contribution >= 0.6 is 0 Å². The van der Waals surface area contributed by atoms with E-state index in [2.05, 4.69) is 11.9 Å². The Labute approximate surface area is 105 Å². The summed E-state index contributed by atoms with van der Waals surface area (Å²) in [6.45, 7) is 6.37. The standard InChI is InChI=1S/C10H16N2O5S/c1-6(2)10(18(15,16)17)12-9(14)7(3)4-5-8(11)13/h4-6,10H,3H2,1-2H3,(H2,11,13)(H,12,14)(H,15,16,17). The lowest BCUT2D eigenvalue weighted by atomic mass is 10.2. The maximum atomic E-state index is 11.5. The smallest absolute Gasteiger partial charge is 0.286 e. The molecule has 0 saturated heterocycles. The summed E-state index contributed by atoms with van der Waals surface area (Å²) in [4.78, 5) is 22.0. The van der Waals surface area contributed by atoms with Crippen LogP contribution in [0.5, 0.6) is 0 Å². The maximum absolute atomic E-state index is 11.5. The zero-order chi connectivity index (χ0) is 14.5. The van der Waals surface area contributed by atoms with Crippen molar-refractivity contribution in [2.75, 3.05) is 0 Å². The van der Waals surface area contributed by atoms with Crippen molar-refractivity contribution in [2.24, 2.45) is 11.7 Å². The van der Waals surface area contributed by atoms with Crippen LogP contribution in [0.2, 0.25) is 0 Å². The molecule has 0 heterocycles. The van der Waals surface area contributed by atoms with Crippen molar-refractivity contribution in [3.63, 3.8) is 0 Å². The predicted octanol–water partition coefficient (Wildman–Crippen LogP) is -0.430. The van der Waals surface area contributed by atoms with Gasteiger partial charge in [-0.2, -0.15) is 8.42 Å². The quantitative estimate of drug-likeness (QED) is 0.344. The van der Waals surface area contributed by atoms with Crippen LogP contribution in [0.1, 0.15) is 13.8 Å². The first-order valence-corrected chi connectivity index (χ1v) is 6.49. The molecule has 0 aliphatic carbocycles. The van der Waals surface area contributed by atoms with E-state index in [1.54, 1.807) is 0 Å². The van der Waals surface area contributed by atoms with Crippen LogP contribution in [0.4, 0.5) is 0 Å². The molecule has 0 aliphatic rings. The van der Waals surface area contributed by atoms with Gasteiger partial charge in [-0.15, -0.1) is 0 Å². The van der Waals surface area contributed by atoms with E-state index in [-0.39, 0.29) is 5.57 Å². The molecule has 102 valence electrons. The van der Waals surface area contributed by atoms with E-state index in [9.17, 15) is 18.0 Å². The van der Waals surface area contributed by atoms with Crippen molar-refractivity contribution in [2.45, 2.75) is 19.2 Å². The first-order valence-electron chi connectivity index (χ1n) is 4.99. The molecule has 0 aromatic heterocycles. The lowest BCUT2D eigenvalue weighted by molar-refractivity contribution is -0.117. The fraction of sp³-hybridized carbons (Fsp3) is 0.400. The number of rotatable bonds is 6. The molecule has 8 heteroatoms. The summed E-state index contributed by atoms with van der Waals surface area (Å²) in [5.74, 6) is -2.11. The van der Waals surface area contributed by atoms with Crippen LogP contribution < -0.4 is 11.1 Å². The third kappa shape index (κ3) is 5.60. The van der Waals surface area contributed by atoms with Crippen molar-refractivity contribution >= 4 is 21.9 Å². The second-order valence-electron chi connectivity index (χ2n) is 3.91. The number of nitrogens with one attached hydrogen (secondary N) is 1. The molecule has 4 N–H and O–H groups in total. The monoisotopic (exact) mass is 276 g/mol. The minimum atomic E-state index is -4.41. The van der Waals surface area contributed by atoms with Crippen LogP contribution in [0.15, 0.2) is 24.3 Å². The highest BCUT2D eigenvalue weighted by atomic mass is 32.2. The number of hydrogen-bond acceptors (Lipinski definition) is 4. The molecule has 0 spiro atoms. The molecule has 0 rings (SSSR count). The molecule has 2 amide bonds. The Bertz CT molecular complexity index is 478. The Hall–Kier alpha value is -1.67. The summed E-state index contributed by atoms with van der Waals surface area (Å²) in [5.41, 5.74) is 4.68. The highest BCUT2D eigenvalue weighted by Crippen LogP contribution is 2.09. The van der Waals surface area contributed by atoms with Gasteiger partial charge < -0.3 is 11.1 Å². The molecule has 7 nitrogen and oxygen atoms in total. The molecule has 0 saturated carbocycles. The molecule has 0 aromatic rings. The van der Waals surface area contributed by atoms with Gasteiger partial charge in [-0.25, -0.2) is 0 Å². The summed E-state index contributed by atoms with van der Waals surface area (Å²) in [5, 5.41) is 0.659. The van der Waals surface area contributed by atoms with Crippen LogP contribution in [-0.4, -0.2) is 30.2 Å². The van der Waals surface area contributed by atoms with Gasteiger partial charge in [-0.05, 0) is 12.0 Å². The fourth-order valence-corrected chi connectivity index (χ4v) is 2.01. The molecular formula is C10H16N2O5S. The van der Waals surface area contributed by atoms with Gasteiger partial charge in [0, 0.05) is 11.6 Å². The van der Waals surface area contributed by atoms with Gasteiger partial charge in [0.05, 0.1) is 0 Å². The number of primary amides is 1. The maximum Gasteiger partial charge on any atom is 0.286 e. The molecule has 1 atom stereocenters. The molecule has 1 unspecified atom stereocenters. The van der Waals surface area contributed by atoms with Crippen molar-refractivity contribution in [1.29, 1.82) is 0 Å². The Morgan fingerprint density at radius 2 is 1.83 bits per heavy atom. The van der Waals surface area contributed by atoms with Crippen molar-refractivity contribution in [3.8, 4) is 0 Å². The zero-order valence-electron chi connectivity index (χ0n) is 10.1. The first kappa shape index (κ1) is 16.3. The highest BCUT2D eigenvalue weighted by molar-refractivity contribution is 7.86. The highest BCUT2D eigenvalue weighted by Gasteiger charge is 2.28. The second-order valence-corrected chi connectivity index (χ2v) is 5.45. The minimum absolute atomic E-state index is 0.150. The Morgan fingerprint density at radius 1 is 1.33 bits per heavy atom. The van der Waals surface area contributed by atoms with Crippen LogP contribution in [0, 0.1) is 5.92 Å². The average Bonchev–Trinajstić information content (AvgIpc) is 2.19. The van der Waals surface area contributed by atoms with Crippen molar-refractivity contribution in [3.05, 3.63) is 24.3 Å². The van der Waals surface area contributed by atoms with Crippen molar-refractivity contribution < 1.29 is 22.6 Å². The van der Waals surface area contributed by atoms with Gasteiger partial charge in [-0.3, -0.25) is 14.1 Å². The van der Waals surface area contributed by atoms with E-state index in [0.29, 0.717) is 0 Å².